The van der Waals surface area contributed by atoms with Gasteiger partial charge in [0.05, 0.1) is 24.0 Å². The van der Waals surface area contributed by atoms with Crippen LogP contribution in [0.2, 0.25) is 0 Å². The third-order valence-corrected chi connectivity index (χ3v) is 7.40. The Bertz CT molecular complexity index is 1570. The second-order valence-electron chi connectivity index (χ2n) is 9.68. The molecule has 0 aliphatic carbocycles. The summed E-state index contributed by atoms with van der Waals surface area (Å²) in [6, 6.07) is 16.3. The predicted octanol–water partition coefficient (Wildman–Crippen LogP) is 2.24. The summed E-state index contributed by atoms with van der Waals surface area (Å²) in [4.78, 5) is 34.6. The van der Waals surface area contributed by atoms with Crippen molar-refractivity contribution in [2.45, 2.75) is 38.0 Å². The number of sulfonamides is 1. The van der Waals surface area contributed by atoms with E-state index in [-0.39, 0.29) is 18.7 Å². The third-order valence-electron chi connectivity index (χ3n) is 6.73. The first-order valence-electron chi connectivity index (χ1n) is 11.9. The summed E-state index contributed by atoms with van der Waals surface area (Å²) in [6.45, 7) is 3.67. The molecule has 12 heteroatoms. The van der Waals surface area contributed by atoms with E-state index in [0.717, 1.165) is 28.4 Å². The Hall–Kier alpha value is -4.03. The average Bonchev–Trinajstić information content (AvgIpc) is 3.43. The van der Waals surface area contributed by atoms with Gasteiger partial charge in [0.25, 0.3) is 5.91 Å². The SMILES string of the molecule is Cc1cc(COc2ccc(C3(CNS(C)(=O)=O)CC(C4(C)NC(=O)NC4=O)=NO3)cc2)c2ccccc2n1. The second kappa shape index (κ2) is 9.37. The highest BCUT2D eigenvalue weighted by Gasteiger charge is 2.53. The number of nitrogens with zero attached hydrogens (tertiary/aromatic N) is 2. The zero-order valence-corrected chi connectivity index (χ0v) is 21.9. The van der Waals surface area contributed by atoms with Gasteiger partial charge in [-0.2, -0.15) is 0 Å². The van der Waals surface area contributed by atoms with E-state index in [4.69, 9.17) is 9.57 Å². The van der Waals surface area contributed by atoms with Crippen LogP contribution in [-0.4, -0.2) is 49.4 Å². The summed E-state index contributed by atoms with van der Waals surface area (Å²) < 4.78 is 32.3. The number of urea groups is 1. The normalized spacial score (nSPS) is 23.1. The molecule has 0 radical (unpaired) electrons. The molecule has 2 aliphatic heterocycles. The number of fused-ring (bicyclic) bond motifs is 1. The van der Waals surface area contributed by atoms with Crippen molar-refractivity contribution in [3.8, 4) is 5.75 Å². The summed E-state index contributed by atoms with van der Waals surface area (Å²) in [5.74, 6) is 0.0476. The topological polar surface area (TPSA) is 148 Å². The Kier molecular flexibility index (Phi) is 6.32. The number of nitrogens with one attached hydrogen (secondary N) is 3. The third kappa shape index (κ3) is 4.92. The molecule has 3 heterocycles. The molecule has 3 aromatic rings. The highest BCUT2D eigenvalue weighted by Crippen LogP contribution is 2.38. The summed E-state index contributed by atoms with van der Waals surface area (Å²) in [5, 5.41) is 9.89. The molecule has 2 aliphatic rings. The maximum Gasteiger partial charge on any atom is 0.322 e. The van der Waals surface area contributed by atoms with Crippen LogP contribution in [0.4, 0.5) is 4.79 Å². The molecule has 1 aromatic heterocycles. The molecule has 38 heavy (non-hydrogen) atoms. The van der Waals surface area contributed by atoms with E-state index >= 15 is 0 Å². The molecule has 0 bridgehead atoms. The fourth-order valence-electron chi connectivity index (χ4n) is 4.62. The average molecular weight is 538 g/mol. The van der Waals surface area contributed by atoms with E-state index in [1.54, 1.807) is 24.3 Å². The minimum absolute atomic E-state index is 0.0716. The predicted molar refractivity (Wildman–Crippen MR) is 140 cm³/mol. The van der Waals surface area contributed by atoms with Crippen LogP contribution < -0.4 is 20.1 Å². The van der Waals surface area contributed by atoms with Crippen LogP contribution in [-0.2, 0) is 31.9 Å². The number of carbonyl (C=O) groups is 2. The molecule has 2 aromatic carbocycles. The molecule has 2 atom stereocenters. The smallest absolute Gasteiger partial charge is 0.322 e. The highest BCUT2D eigenvalue weighted by molar-refractivity contribution is 7.88. The van der Waals surface area contributed by atoms with Gasteiger partial charge >= 0.3 is 6.03 Å². The fraction of sp³-hybridized carbons (Fsp3) is 0.308. The van der Waals surface area contributed by atoms with Crippen LogP contribution in [0, 0.1) is 6.92 Å². The van der Waals surface area contributed by atoms with Crippen LogP contribution in [0.3, 0.4) is 0 Å². The van der Waals surface area contributed by atoms with Crippen LogP contribution in [0.25, 0.3) is 10.9 Å². The largest absolute Gasteiger partial charge is 0.489 e. The van der Waals surface area contributed by atoms with E-state index in [0.29, 0.717) is 17.9 Å². The second-order valence-corrected chi connectivity index (χ2v) is 11.5. The van der Waals surface area contributed by atoms with E-state index in [1.807, 2.05) is 37.3 Å². The first-order valence-corrected chi connectivity index (χ1v) is 13.8. The van der Waals surface area contributed by atoms with Gasteiger partial charge in [0.1, 0.15) is 12.4 Å². The van der Waals surface area contributed by atoms with Gasteiger partial charge in [-0.3, -0.25) is 15.1 Å². The van der Waals surface area contributed by atoms with Gasteiger partial charge in [0.15, 0.2) is 11.1 Å². The lowest BCUT2D eigenvalue weighted by atomic mass is 9.83. The molecular formula is C26H27N5O6S. The molecule has 11 nitrogen and oxygen atoms in total. The van der Waals surface area contributed by atoms with Crippen molar-refractivity contribution < 1.29 is 27.6 Å². The monoisotopic (exact) mass is 537 g/mol. The number of amides is 3. The fourth-order valence-corrected chi connectivity index (χ4v) is 5.12. The number of benzene rings is 2. The highest BCUT2D eigenvalue weighted by atomic mass is 32.2. The molecule has 5 rings (SSSR count). The number of oxime groups is 1. The lowest BCUT2D eigenvalue weighted by Crippen LogP contribution is -2.52. The van der Waals surface area contributed by atoms with Crippen LogP contribution in [0.1, 0.15) is 30.2 Å². The van der Waals surface area contributed by atoms with Crippen LogP contribution >= 0.6 is 0 Å². The number of pyridine rings is 1. The maximum atomic E-state index is 12.4. The molecule has 1 saturated heterocycles. The lowest BCUT2D eigenvalue weighted by Gasteiger charge is -2.28. The Morgan fingerprint density at radius 2 is 1.87 bits per heavy atom. The number of imide groups is 1. The number of ether oxygens (including phenoxy) is 1. The number of hydrogen-bond acceptors (Lipinski definition) is 8. The molecular weight excluding hydrogens is 510 g/mol. The number of carbonyl (C=O) groups excluding carboxylic acids is 2. The molecule has 0 saturated carbocycles. The first kappa shape index (κ1) is 25.6. The minimum Gasteiger partial charge on any atom is -0.489 e. The molecule has 3 N–H and O–H groups in total. The number of para-hydroxylation sites is 1. The maximum absolute atomic E-state index is 12.4. The van der Waals surface area contributed by atoms with Crippen molar-refractivity contribution >= 4 is 38.6 Å². The van der Waals surface area contributed by atoms with Gasteiger partial charge in [-0.25, -0.2) is 17.9 Å². The number of aryl methyl sites for hydroxylation is 1. The van der Waals surface area contributed by atoms with Crippen molar-refractivity contribution in [1.29, 1.82) is 0 Å². The Morgan fingerprint density at radius 1 is 1.13 bits per heavy atom. The first-order chi connectivity index (χ1) is 18.0. The van der Waals surface area contributed by atoms with E-state index in [1.165, 1.54) is 6.92 Å². The summed E-state index contributed by atoms with van der Waals surface area (Å²) in [5.41, 5.74) is 1.07. The van der Waals surface area contributed by atoms with Crippen molar-refractivity contribution in [1.82, 2.24) is 20.3 Å². The van der Waals surface area contributed by atoms with Gasteiger partial charge < -0.3 is 14.9 Å². The molecule has 3 amide bonds. The van der Waals surface area contributed by atoms with Crippen LogP contribution in [0.15, 0.2) is 59.8 Å². The van der Waals surface area contributed by atoms with Gasteiger partial charge in [0.2, 0.25) is 10.0 Å². The van der Waals surface area contributed by atoms with E-state index in [9.17, 15) is 18.0 Å². The zero-order chi connectivity index (χ0) is 27.1. The number of aromatic nitrogens is 1. The van der Waals surface area contributed by atoms with E-state index in [2.05, 4.69) is 25.5 Å². The van der Waals surface area contributed by atoms with Crippen molar-refractivity contribution in [3.05, 3.63) is 71.4 Å². The summed E-state index contributed by atoms with van der Waals surface area (Å²) >= 11 is 0. The van der Waals surface area contributed by atoms with E-state index < -0.39 is 33.1 Å². The van der Waals surface area contributed by atoms with Crippen molar-refractivity contribution in [3.63, 3.8) is 0 Å². The Morgan fingerprint density at radius 3 is 2.55 bits per heavy atom. The van der Waals surface area contributed by atoms with Gasteiger partial charge in [0, 0.05) is 28.6 Å². The number of hydrogen-bond donors (Lipinski definition) is 3. The quantitative estimate of drug-likeness (QED) is 0.373. The Balaban J connectivity index is 1.37. The van der Waals surface area contributed by atoms with Gasteiger partial charge in [-0.1, -0.05) is 35.5 Å². The standard InChI is InChI=1S/C26H27N5O6S/c1-16-12-17(20-6-4-5-7-21(20)28-16)14-36-19-10-8-18(9-11-19)26(15-27-38(3,34)35)13-22(31-37-26)25(2)23(32)29-24(33)30-25/h4-12,27H,13-15H2,1-3H3,(H2,29,30,32,33). The van der Waals surface area contributed by atoms with Crippen molar-refractivity contribution in [2.24, 2.45) is 5.16 Å². The van der Waals surface area contributed by atoms with Gasteiger partial charge in [-0.15, -0.1) is 0 Å². The summed E-state index contributed by atoms with van der Waals surface area (Å²) in [6.07, 6.45) is 1.12. The zero-order valence-electron chi connectivity index (χ0n) is 21.1. The molecule has 198 valence electrons. The number of rotatable bonds is 8. The molecule has 2 unspecified atom stereocenters. The van der Waals surface area contributed by atoms with Crippen LogP contribution in [0.5, 0.6) is 5.75 Å². The lowest BCUT2D eigenvalue weighted by molar-refractivity contribution is -0.121. The molecule has 0 spiro atoms. The van der Waals surface area contributed by atoms with Gasteiger partial charge in [-0.05, 0) is 38.1 Å². The van der Waals surface area contributed by atoms with Crippen molar-refractivity contribution in [2.75, 3.05) is 12.8 Å². The Labute approximate surface area is 219 Å². The molecule has 1 fully saturated rings. The summed E-state index contributed by atoms with van der Waals surface area (Å²) in [7, 11) is -3.56. The minimum atomic E-state index is -3.56.